The quantitative estimate of drug-likeness (QED) is 0.580. The summed E-state index contributed by atoms with van der Waals surface area (Å²) in [7, 11) is 0. The highest BCUT2D eigenvalue weighted by atomic mass is 79.9. The van der Waals surface area contributed by atoms with Crippen LogP contribution in [0.1, 0.15) is 0 Å². The lowest BCUT2D eigenvalue weighted by atomic mass is 10.2. The second-order valence-corrected chi connectivity index (χ2v) is 6.56. The third kappa shape index (κ3) is 2.63. The molecule has 2 aromatic carbocycles. The van der Waals surface area contributed by atoms with Gasteiger partial charge in [0.2, 0.25) is 0 Å². The average molecular weight is 396 g/mol. The van der Waals surface area contributed by atoms with Crippen molar-refractivity contribution in [1.29, 1.82) is 0 Å². The molecular formula is C14H8Br2N2S. The summed E-state index contributed by atoms with van der Waals surface area (Å²) in [6.07, 6.45) is 0. The van der Waals surface area contributed by atoms with Gasteiger partial charge >= 0.3 is 0 Å². The minimum atomic E-state index is 0.915. The highest BCUT2D eigenvalue weighted by Crippen LogP contribution is 2.36. The summed E-state index contributed by atoms with van der Waals surface area (Å²) < 4.78 is 2.06. The Labute approximate surface area is 131 Å². The first kappa shape index (κ1) is 13.0. The van der Waals surface area contributed by atoms with Crippen LogP contribution in [-0.2, 0) is 0 Å². The third-order valence-electron chi connectivity index (χ3n) is 2.63. The Morgan fingerprint density at radius 2 is 1.11 bits per heavy atom. The molecule has 94 valence electrons. The molecule has 0 atom stereocenters. The molecule has 0 radical (unpaired) electrons. The Hall–Kier alpha value is -1.04. The fraction of sp³-hybridized carbons (Fsp3) is 0. The molecule has 2 nitrogen and oxygen atoms in total. The minimum Gasteiger partial charge on any atom is -0.138 e. The van der Waals surface area contributed by atoms with E-state index in [0.717, 1.165) is 30.1 Å². The van der Waals surface area contributed by atoms with Gasteiger partial charge in [-0.25, -0.2) is 0 Å². The molecule has 19 heavy (non-hydrogen) atoms. The van der Waals surface area contributed by atoms with E-state index in [-0.39, 0.29) is 0 Å². The highest BCUT2D eigenvalue weighted by molar-refractivity contribution is 9.11. The second-order valence-electron chi connectivity index (χ2n) is 3.87. The molecule has 3 rings (SSSR count). The maximum atomic E-state index is 4.28. The van der Waals surface area contributed by atoms with Crippen molar-refractivity contribution >= 4 is 43.2 Å². The third-order valence-corrected chi connectivity index (χ3v) is 5.01. The van der Waals surface area contributed by atoms with Crippen LogP contribution in [0.5, 0.6) is 0 Å². The molecule has 3 aromatic rings. The van der Waals surface area contributed by atoms with Gasteiger partial charge in [0.15, 0.2) is 0 Å². The Morgan fingerprint density at radius 3 is 1.53 bits per heavy atom. The van der Waals surface area contributed by atoms with E-state index >= 15 is 0 Å². The van der Waals surface area contributed by atoms with Gasteiger partial charge < -0.3 is 0 Å². The number of halogens is 2. The molecule has 0 unspecified atom stereocenters. The van der Waals surface area contributed by atoms with Crippen molar-refractivity contribution in [3.8, 4) is 21.1 Å². The highest BCUT2D eigenvalue weighted by Gasteiger charge is 2.12. The molecule has 0 amide bonds. The van der Waals surface area contributed by atoms with Gasteiger partial charge in [0.05, 0.1) is 0 Å². The predicted octanol–water partition coefficient (Wildman–Crippen LogP) is 5.40. The Morgan fingerprint density at radius 1 is 0.684 bits per heavy atom. The van der Waals surface area contributed by atoms with E-state index in [1.54, 1.807) is 11.3 Å². The molecule has 0 aliphatic rings. The van der Waals surface area contributed by atoms with Crippen molar-refractivity contribution in [2.24, 2.45) is 0 Å². The van der Waals surface area contributed by atoms with Crippen LogP contribution < -0.4 is 0 Å². The topological polar surface area (TPSA) is 25.8 Å². The Kier molecular flexibility index (Phi) is 3.77. The van der Waals surface area contributed by atoms with E-state index in [9.17, 15) is 0 Å². The summed E-state index contributed by atoms with van der Waals surface area (Å²) in [5.41, 5.74) is 2.14. The number of benzene rings is 2. The lowest BCUT2D eigenvalue weighted by Crippen LogP contribution is -1.79. The zero-order valence-electron chi connectivity index (χ0n) is 9.68. The van der Waals surface area contributed by atoms with Gasteiger partial charge in [-0.2, -0.15) is 0 Å². The molecule has 1 heterocycles. The van der Waals surface area contributed by atoms with E-state index in [4.69, 9.17) is 0 Å². The SMILES string of the molecule is Brc1ccccc1-c1nnc(-c2ccccc2Br)s1. The number of aromatic nitrogens is 2. The van der Waals surface area contributed by atoms with Crippen molar-refractivity contribution in [1.82, 2.24) is 10.2 Å². The van der Waals surface area contributed by atoms with Gasteiger partial charge in [-0.1, -0.05) is 79.6 Å². The summed E-state index contributed by atoms with van der Waals surface area (Å²) in [6, 6.07) is 16.1. The average Bonchev–Trinajstić information content (AvgIpc) is 2.89. The molecule has 1 aromatic heterocycles. The van der Waals surface area contributed by atoms with Crippen molar-refractivity contribution in [3.63, 3.8) is 0 Å². The van der Waals surface area contributed by atoms with Crippen LogP contribution in [-0.4, -0.2) is 10.2 Å². The molecule has 0 fully saturated rings. The van der Waals surface area contributed by atoms with E-state index in [0.29, 0.717) is 0 Å². The van der Waals surface area contributed by atoms with Gasteiger partial charge in [0, 0.05) is 20.1 Å². The molecule has 5 heteroatoms. The summed E-state index contributed by atoms with van der Waals surface area (Å²) in [5.74, 6) is 0. The van der Waals surface area contributed by atoms with Gasteiger partial charge in [-0.3, -0.25) is 0 Å². The van der Waals surface area contributed by atoms with Crippen molar-refractivity contribution in [3.05, 3.63) is 57.5 Å². The number of nitrogens with zero attached hydrogens (tertiary/aromatic N) is 2. The first-order chi connectivity index (χ1) is 9.25. The molecule has 0 aliphatic carbocycles. The van der Waals surface area contributed by atoms with Gasteiger partial charge in [0.25, 0.3) is 0 Å². The monoisotopic (exact) mass is 394 g/mol. The van der Waals surface area contributed by atoms with Crippen LogP contribution in [0.3, 0.4) is 0 Å². The molecule has 0 saturated carbocycles. The van der Waals surface area contributed by atoms with E-state index in [1.807, 2.05) is 48.5 Å². The fourth-order valence-electron chi connectivity index (χ4n) is 1.71. The van der Waals surface area contributed by atoms with Crippen LogP contribution in [0.15, 0.2) is 57.5 Å². The molecule has 0 N–H and O–H groups in total. The molecule has 0 bridgehead atoms. The molecule has 0 spiro atoms. The smallest absolute Gasteiger partial charge is 0.138 e. The second kappa shape index (κ2) is 5.53. The van der Waals surface area contributed by atoms with Crippen LogP contribution in [0.25, 0.3) is 21.1 Å². The number of hydrogen-bond donors (Lipinski definition) is 0. The molecular weight excluding hydrogens is 388 g/mol. The number of rotatable bonds is 2. The fourth-order valence-corrected chi connectivity index (χ4v) is 3.84. The zero-order valence-corrected chi connectivity index (χ0v) is 13.7. The summed E-state index contributed by atoms with van der Waals surface area (Å²) in [4.78, 5) is 0. The summed E-state index contributed by atoms with van der Waals surface area (Å²) in [6.45, 7) is 0. The summed E-state index contributed by atoms with van der Waals surface area (Å²) >= 11 is 8.67. The van der Waals surface area contributed by atoms with Crippen LogP contribution in [0, 0.1) is 0 Å². The van der Waals surface area contributed by atoms with E-state index in [1.165, 1.54) is 0 Å². The first-order valence-electron chi connectivity index (χ1n) is 5.59. The number of hydrogen-bond acceptors (Lipinski definition) is 3. The largest absolute Gasteiger partial charge is 0.149 e. The van der Waals surface area contributed by atoms with Gasteiger partial charge in [-0.15, -0.1) is 10.2 Å². The predicted molar refractivity (Wildman–Crippen MR) is 86.2 cm³/mol. The van der Waals surface area contributed by atoms with Crippen molar-refractivity contribution in [2.45, 2.75) is 0 Å². The van der Waals surface area contributed by atoms with E-state index in [2.05, 4.69) is 42.1 Å². The van der Waals surface area contributed by atoms with Gasteiger partial charge in [-0.05, 0) is 12.1 Å². The lowest BCUT2D eigenvalue weighted by molar-refractivity contribution is 1.10. The van der Waals surface area contributed by atoms with Crippen molar-refractivity contribution in [2.75, 3.05) is 0 Å². The van der Waals surface area contributed by atoms with Crippen molar-refractivity contribution < 1.29 is 0 Å². The van der Waals surface area contributed by atoms with Crippen LogP contribution in [0.4, 0.5) is 0 Å². The molecule has 0 saturated heterocycles. The Balaban J connectivity index is 2.06. The lowest BCUT2D eigenvalue weighted by Gasteiger charge is -1.98. The normalized spacial score (nSPS) is 10.6. The van der Waals surface area contributed by atoms with E-state index < -0.39 is 0 Å². The zero-order chi connectivity index (χ0) is 13.2. The Bertz CT molecular complexity index is 665. The summed E-state index contributed by atoms with van der Waals surface area (Å²) in [5, 5.41) is 10.4. The maximum absolute atomic E-state index is 4.28. The van der Waals surface area contributed by atoms with Gasteiger partial charge in [0.1, 0.15) is 10.0 Å². The molecule has 0 aliphatic heterocycles. The standard InChI is InChI=1S/C14H8Br2N2S/c15-11-7-3-1-5-9(11)13-17-18-14(19-13)10-6-2-4-8-12(10)16/h1-8H. The minimum absolute atomic E-state index is 0.915. The van der Waals surface area contributed by atoms with Crippen LogP contribution in [0.2, 0.25) is 0 Å². The maximum Gasteiger partial charge on any atom is 0.149 e. The first-order valence-corrected chi connectivity index (χ1v) is 7.99. The van der Waals surface area contributed by atoms with Crippen LogP contribution >= 0.6 is 43.2 Å².